The fourth-order valence-corrected chi connectivity index (χ4v) is 6.94. The molecule has 0 aliphatic rings. The highest BCUT2D eigenvalue weighted by molar-refractivity contribution is 6.09. The maximum Gasteiger partial charge on any atom is 0.167 e. The molecular weight excluding hydrogens is 703 g/mol. The molecule has 0 atom stereocenters. The van der Waals surface area contributed by atoms with Crippen molar-refractivity contribution in [1.29, 1.82) is 5.26 Å². The Labute approximate surface area is 327 Å². The van der Waals surface area contributed by atoms with E-state index in [-0.39, 0.29) is 0 Å². The molecule has 0 saturated carbocycles. The lowest BCUT2D eigenvalue weighted by atomic mass is 10.0. The van der Waals surface area contributed by atoms with Crippen LogP contribution < -0.4 is 0 Å². The second-order valence-corrected chi connectivity index (χ2v) is 13.5. The summed E-state index contributed by atoms with van der Waals surface area (Å²) < 4.78 is 6.71. The van der Waals surface area contributed by atoms with Gasteiger partial charge in [0.2, 0.25) is 0 Å². The summed E-state index contributed by atoms with van der Waals surface area (Å²) in [5.74, 6) is 3.33. The van der Waals surface area contributed by atoms with Gasteiger partial charge in [0.1, 0.15) is 11.2 Å². The number of benzene rings is 7. The molecule has 0 fully saturated rings. The van der Waals surface area contributed by atoms with Crippen molar-refractivity contribution in [2.24, 2.45) is 0 Å². The Morgan fingerprint density at radius 1 is 0.351 bits per heavy atom. The Kier molecular flexibility index (Phi) is 8.36. The van der Waals surface area contributed by atoms with Gasteiger partial charge in [-0.3, -0.25) is 0 Å². The SMILES string of the molecule is N#Cc1ccc(-c2ccc(-c3nc(-c4ccccc4)nc(-c4cccc5c4oc4cc(-c6nc(-c7ccccc7)nc(-c7ccccc7)n6)ccc45)n3)cc2)cc1. The highest BCUT2D eigenvalue weighted by atomic mass is 16.3. The van der Waals surface area contributed by atoms with Gasteiger partial charge in [0.05, 0.1) is 17.2 Å². The molecular formula is C49H29N7O. The molecule has 266 valence electrons. The van der Waals surface area contributed by atoms with E-state index < -0.39 is 0 Å². The first-order chi connectivity index (χ1) is 28.2. The minimum Gasteiger partial charge on any atom is -0.455 e. The van der Waals surface area contributed by atoms with Crippen molar-refractivity contribution in [2.75, 3.05) is 0 Å². The van der Waals surface area contributed by atoms with E-state index in [0.717, 1.165) is 55.3 Å². The number of rotatable bonds is 7. The number of hydrogen-bond acceptors (Lipinski definition) is 8. The summed E-state index contributed by atoms with van der Waals surface area (Å²) in [6, 6.07) is 59.7. The smallest absolute Gasteiger partial charge is 0.167 e. The summed E-state index contributed by atoms with van der Waals surface area (Å²) in [5, 5.41) is 11.1. The van der Waals surface area contributed by atoms with Crippen LogP contribution in [0.2, 0.25) is 0 Å². The molecule has 0 unspecified atom stereocenters. The summed E-state index contributed by atoms with van der Waals surface area (Å²) in [5.41, 5.74) is 9.11. The Bertz CT molecular complexity index is 3050. The van der Waals surface area contributed by atoms with Gasteiger partial charge in [-0.05, 0) is 41.5 Å². The molecule has 7 aromatic carbocycles. The summed E-state index contributed by atoms with van der Waals surface area (Å²) in [4.78, 5) is 29.7. The Morgan fingerprint density at radius 2 is 0.772 bits per heavy atom. The standard InChI is InChI=1S/C49H29N7O/c50-30-31-19-21-32(22-20-31)33-23-25-37(26-24-33)47-52-46(36-15-8-3-9-16-36)55-49(56-47)41-18-10-17-40-39-28-27-38(29-42(39)57-43(40)41)48-53-44(34-11-4-1-5-12-34)51-45(54-48)35-13-6-2-7-14-35/h1-29H. The minimum atomic E-state index is 0.498. The molecule has 8 nitrogen and oxygen atoms in total. The number of fused-ring (bicyclic) bond motifs is 3. The van der Waals surface area contributed by atoms with Crippen molar-refractivity contribution in [1.82, 2.24) is 29.9 Å². The third-order valence-corrected chi connectivity index (χ3v) is 9.86. The Hall–Kier alpha value is -8.15. The van der Waals surface area contributed by atoms with Crippen molar-refractivity contribution >= 4 is 21.9 Å². The summed E-state index contributed by atoms with van der Waals surface area (Å²) in [6.07, 6.45) is 0. The van der Waals surface area contributed by atoms with Crippen LogP contribution in [0.25, 0.3) is 101 Å². The van der Waals surface area contributed by atoms with Crippen molar-refractivity contribution in [3.8, 4) is 85.5 Å². The lowest BCUT2D eigenvalue weighted by molar-refractivity contribution is 0.669. The number of nitrogens with zero attached hydrogens (tertiary/aromatic N) is 7. The van der Waals surface area contributed by atoms with Gasteiger partial charge in [-0.2, -0.15) is 5.26 Å². The maximum absolute atomic E-state index is 9.22. The molecule has 0 spiro atoms. The molecule has 0 amide bonds. The Morgan fingerprint density at radius 3 is 1.28 bits per heavy atom. The first kappa shape index (κ1) is 33.4. The van der Waals surface area contributed by atoms with E-state index in [1.165, 1.54) is 0 Å². The molecule has 10 aromatic rings. The monoisotopic (exact) mass is 731 g/mol. The third kappa shape index (κ3) is 6.45. The summed E-state index contributed by atoms with van der Waals surface area (Å²) >= 11 is 0. The van der Waals surface area contributed by atoms with E-state index >= 15 is 0 Å². The molecule has 10 rings (SSSR count). The average molecular weight is 732 g/mol. The highest BCUT2D eigenvalue weighted by Crippen LogP contribution is 2.38. The quantitative estimate of drug-likeness (QED) is 0.159. The Balaban J connectivity index is 1.08. The predicted molar refractivity (Wildman–Crippen MR) is 223 cm³/mol. The van der Waals surface area contributed by atoms with E-state index in [9.17, 15) is 5.26 Å². The minimum absolute atomic E-state index is 0.498. The van der Waals surface area contributed by atoms with Gasteiger partial charge >= 0.3 is 0 Å². The van der Waals surface area contributed by atoms with Crippen LogP contribution in [0.15, 0.2) is 180 Å². The van der Waals surface area contributed by atoms with Crippen LogP contribution in [0.3, 0.4) is 0 Å². The molecule has 0 radical (unpaired) electrons. The van der Waals surface area contributed by atoms with Crippen molar-refractivity contribution in [3.05, 3.63) is 181 Å². The van der Waals surface area contributed by atoms with Crippen LogP contribution in [0.4, 0.5) is 0 Å². The van der Waals surface area contributed by atoms with Gasteiger partial charge in [-0.1, -0.05) is 146 Å². The molecule has 3 aromatic heterocycles. The van der Waals surface area contributed by atoms with Gasteiger partial charge in [0, 0.05) is 38.6 Å². The van der Waals surface area contributed by atoms with Gasteiger partial charge < -0.3 is 4.42 Å². The van der Waals surface area contributed by atoms with E-state index in [1.807, 2.05) is 164 Å². The van der Waals surface area contributed by atoms with Crippen LogP contribution >= 0.6 is 0 Å². The number of aromatic nitrogens is 6. The van der Waals surface area contributed by atoms with Crippen LogP contribution in [-0.2, 0) is 0 Å². The van der Waals surface area contributed by atoms with Crippen LogP contribution in [0.1, 0.15) is 5.56 Å². The molecule has 57 heavy (non-hydrogen) atoms. The van der Waals surface area contributed by atoms with Crippen LogP contribution in [0, 0.1) is 11.3 Å². The molecule has 0 bridgehead atoms. The van der Waals surface area contributed by atoms with Gasteiger partial charge in [0.15, 0.2) is 34.9 Å². The van der Waals surface area contributed by atoms with Crippen molar-refractivity contribution in [3.63, 3.8) is 0 Å². The van der Waals surface area contributed by atoms with E-state index in [2.05, 4.69) is 18.2 Å². The lowest BCUT2D eigenvalue weighted by Crippen LogP contribution is -2.00. The average Bonchev–Trinajstić information content (AvgIpc) is 3.68. The first-order valence-corrected chi connectivity index (χ1v) is 18.4. The lowest BCUT2D eigenvalue weighted by Gasteiger charge is -2.09. The molecule has 8 heteroatoms. The number of hydrogen-bond donors (Lipinski definition) is 0. The van der Waals surface area contributed by atoms with E-state index in [1.54, 1.807) is 0 Å². The number of furan rings is 1. The van der Waals surface area contributed by atoms with E-state index in [4.69, 9.17) is 34.3 Å². The zero-order valence-corrected chi connectivity index (χ0v) is 30.3. The van der Waals surface area contributed by atoms with Gasteiger partial charge in [-0.15, -0.1) is 0 Å². The van der Waals surface area contributed by atoms with Gasteiger partial charge in [-0.25, -0.2) is 29.9 Å². The third-order valence-electron chi connectivity index (χ3n) is 9.86. The molecule has 0 aliphatic heterocycles. The normalized spacial score (nSPS) is 11.1. The largest absolute Gasteiger partial charge is 0.455 e. The second kappa shape index (κ2) is 14.3. The molecule has 0 N–H and O–H groups in total. The predicted octanol–water partition coefficient (Wildman–Crippen LogP) is 11.5. The molecule has 0 aliphatic carbocycles. The fourth-order valence-electron chi connectivity index (χ4n) is 6.94. The van der Waals surface area contributed by atoms with Crippen molar-refractivity contribution < 1.29 is 4.42 Å². The number of para-hydroxylation sites is 1. The van der Waals surface area contributed by atoms with E-state index in [0.29, 0.717) is 51.7 Å². The first-order valence-electron chi connectivity index (χ1n) is 18.4. The fraction of sp³-hybridized carbons (Fsp3) is 0. The van der Waals surface area contributed by atoms with Crippen molar-refractivity contribution in [2.45, 2.75) is 0 Å². The van der Waals surface area contributed by atoms with Crippen LogP contribution in [-0.4, -0.2) is 29.9 Å². The van der Waals surface area contributed by atoms with Gasteiger partial charge in [0.25, 0.3) is 0 Å². The molecule has 3 heterocycles. The van der Waals surface area contributed by atoms with Crippen LogP contribution in [0.5, 0.6) is 0 Å². The zero-order valence-electron chi connectivity index (χ0n) is 30.3. The zero-order chi connectivity index (χ0) is 38.1. The molecule has 0 saturated heterocycles. The topological polar surface area (TPSA) is 114 Å². The number of nitriles is 1. The highest BCUT2D eigenvalue weighted by Gasteiger charge is 2.19. The summed E-state index contributed by atoms with van der Waals surface area (Å²) in [7, 11) is 0. The summed E-state index contributed by atoms with van der Waals surface area (Å²) in [6.45, 7) is 0. The maximum atomic E-state index is 9.22. The second-order valence-electron chi connectivity index (χ2n) is 13.5.